The molecule has 1 N–H and O–H groups in total. The smallest absolute Gasteiger partial charge is 0.225 e. The predicted molar refractivity (Wildman–Crippen MR) is 69.1 cm³/mol. The number of rotatable bonds is 3. The molecule has 1 fully saturated rings. The quantitative estimate of drug-likeness (QED) is 0.812. The number of amides is 2. The van der Waals surface area contributed by atoms with Gasteiger partial charge in [-0.25, -0.2) is 0 Å². The fourth-order valence-corrected chi connectivity index (χ4v) is 1.75. The van der Waals surface area contributed by atoms with Gasteiger partial charge in [-0.1, -0.05) is 20.8 Å². The summed E-state index contributed by atoms with van der Waals surface area (Å²) < 4.78 is 5.38. The van der Waals surface area contributed by atoms with E-state index < -0.39 is 5.41 Å². The van der Waals surface area contributed by atoms with Crippen LogP contribution in [0.2, 0.25) is 0 Å². The van der Waals surface area contributed by atoms with Gasteiger partial charge in [0.15, 0.2) is 0 Å². The highest BCUT2D eigenvalue weighted by molar-refractivity contribution is 5.82. The summed E-state index contributed by atoms with van der Waals surface area (Å²) in [5.74, 6) is 0.0602. The van der Waals surface area contributed by atoms with Gasteiger partial charge in [-0.05, 0) is 6.92 Å². The monoisotopic (exact) mass is 256 g/mol. The Hall–Kier alpha value is -1.10. The van der Waals surface area contributed by atoms with Crippen molar-refractivity contribution in [3.8, 4) is 0 Å². The molecule has 2 amide bonds. The summed E-state index contributed by atoms with van der Waals surface area (Å²) >= 11 is 0. The van der Waals surface area contributed by atoms with E-state index in [9.17, 15) is 9.59 Å². The van der Waals surface area contributed by atoms with E-state index in [-0.39, 0.29) is 17.9 Å². The third-order valence-electron chi connectivity index (χ3n) is 2.90. The number of nitrogens with one attached hydrogen (secondary N) is 1. The van der Waals surface area contributed by atoms with Crippen LogP contribution in [0.3, 0.4) is 0 Å². The molecule has 1 rings (SSSR count). The van der Waals surface area contributed by atoms with Gasteiger partial charge in [-0.3, -0.25) is 9.59 Å². The highest BCUT2D eigenvalue weighted by atomic mass is 16.5. The lowest BCUT2D eigenvalue weighted by Gasteiger charge is -2.31. The number of carbonyl (C=O) groups is 2. The van der Waals surface area contributed by atoms with E-state index in [1.54, 1.807) is 4.90 Å². The first-order chi connectivity index (χ1) is 8.30. The molecule has 18 heavy (non-hydrogen) atoms. The maximum atomic E-state index is 11.9. The second-order valence-corrected chi connectivity index (χ2v) is 5.78. The average molecular weight is 256 g/mol. The predicted octanol–water partition coefficient (Wildman–Crippen LogP) is 0.786. The summed E-state index contributed by atoms with van der Waals surface area (Å²) in [5.41, 5.74) is -0.406. The van der Waals surface area contributed by atoms with Crippen molar-refractivity contribution in [3.05, 3.63) is 0 Å². The Morgan fingerprint density at radius 3 is 2.61 bits per heavy atom. The molecule has 0 radical (unpaired) electrons. The van der Waals surface area contributed by atoms with Crippen LogP contribution in [0.1, 0.15) is 34.1 Å². The largest absolute Gasteiger partial charge is 0.375 e. The fraction of sp³-hybridized carbons (Fsp3) is 0.846. The minimum atomic E-state index is -0.406. The summed E-state index contributed by atoms with van der Waals surface area (Å²) in [4.78, 5) is 25.3. The van der Waals surface area contributed by atoms with Crippen molar-refractivity contribution in [2.45, 2.75) is 40.2 Å². The molecule has 0 saturated carbocycles. The third-order valence-corrected chi connectivity index (χ3v) is 2.90. The maximum Gasteiger partial charge on any atom is 0.225 e. The molecule has 1 atom stereocenters. The summed E-state index contributed by atoms with van der Waals surface area (Å²) in [6, 6.07) is 0. The highest BCUT2D eigenvalue weighted by Crippen LogP contribution is 2.12. The number of hydrogen-bond donors (Lipinski definition) is 1. The Kier molecular flexibility index (Phi) is 5.14. The van der Waals surface area contributed by atoms with Gasteiger partial charge in [-0.15, -0.1) is 0 Å². The molecule has 0 aromatic rings. The van der Waals surface area contributed by atoms with E-state index in [0.29, 0.717) is 32.7 Å². The summed E-state index contributed by atoms with van der Waals surface area (Å²) in [7, 11) is 0. The molecule has 0 bridgehead atoms. The molecule has 5 nitrogen and oxygen atoms in total. The molecule has 1 aliphatic rings. The van der Waals surface area contributed by atoms with Gasteiger partial charge in [0, 0.05) is 31.5 Å². The molecule has 0 aromatic carbocycles. The molecule has 1 heterocycles. The Labute approximate surface area is 109 Å². The van der Waals surface area contributed by atoms with E-state index in [1.807, 2.05) is 27.7 Å². The minimum absolute atomic E-state index is 0.0226. The molecule has 1 aliphatic heterocycles. The van der Waals surface area contributed by atoms with Crippen molar-refractivity contribution in [2.75, 3.05) is 26.2 Å². The molecule has 0 aliphatic carbocycles. The van der Waals surface area contributed by atoms with Crippen LogP contribution in [0.15, 0.2) is 0 Å². The lowest BCUT2D eigenvalue weighted by atomic mass is 9.96. The van der Waals surface area contributed by atoms with E-state index in [2.05, 4.69) is 5.32 Å². The van der Waals surface area contributed by atoms with E-state index in [1.165, 1.54) is 0 Å². The van der Waals surface area contributed by atoms with Crippen molar-refractivity contribution in [2.24, 2.45) is 5.41 Å². The number of nitrogens with zero attached hydrogens (tertiary/aromatic N) is 1. The second kappa shape index (κ2) is 6.18. The minimum Gasteiger partial charge on any atom is -0.375 e. The van der Waals surface area contributed by atoms with Crippen LogP contribution >= 0.6 is 0 Å². The SMILES string of the molecule is CC1CN(C(=O)CCNC(=O)C(C)(C)C)CCO1. The van der Waals surface area contributed by atoms with Gasteiger partial charge >= 0.3 is 0 Å². The molecule has 1 unspecified atom stereocenters. The summed E-state index contributed by atoms with van der Waals surface area (Å²) in [5, 5.41) is 2.79. The zero-order valence-electron chi connectivity index (χ0n) is 11.8. The van der Waals surface area contributed by atoms with Crippen LogP contribution in [0.4, 0.5) is 0 Å². The molecule has 1 saturated heterocycles. The maximum absolute atomic E-state index is 11.9. The van der Waals surface area contributed by atoms with Gasteiger partial charge < -0.3 is 15.0 Å². The van der Waals surface area contributed by atoms with Gasteiger partial charge in [0.25, 0.3) is 0 Å². The van der Waals surface area contributed by atoms with Crippen molar-refractivity contribution >= 4 is 11.8 Å². The zero-order valence-corrected chi connectivity index (χ0v) is 11.8. The highest BCUT2D eigenvalue weighted by Gasteiger charge is 2.23. The number of carbonyl (C=O) groups excluding carboxylic acids is 2. The molecule has 0 aromatic heterocycles. The van der Waals surface area contributed by atoms with Gasteiger partial charge in [0.2, 0.25) is 11.8 Å². The topological polar surface area (TPSA) is 58.6 Å². The average Bonchev–Trinajstić information content (AvgIpc) is 2.27. The number of ether oxygens (including phenoxy) is 1. The van der Waals surface area contributed by atoms with E-state index in [0.717, 1.165) is 0 Å². The first-order valence-electron chi connectivity index (χ1n) is 6.48. The summed E-state index contributed by atoms with van der Waals surface area (Å²) in [6.45, 7) is 9.82. The van der Waals surface area contributed by atoms with Gasteiger partial charge in [0.05, 0.1) is 12.7 Å². The molecule has 5 heteroatoms. The fourth-order valence-electron chi connectivity index (χ4n) is 1.75. The van der Waals surface area contributed by atoms with Crippen molar-refractivity contribution in [3.63, 3.8) is 0 Å². The molecule has 0 spiro atoms. The van der Waals surface area contributed by atoms with Gasteiger partial charge in [-0.2, -0.15) is 0 Å². The first-order valence-corrected chi connectivity index (χ1v) is 6.48. The second-order valence-electron chi connectivity index (χ2n) is 5.78. The first kappa shape index (κ1) is 15.0. The Balaban J connectivity index is 2.27. The van der Waals surface area contributed by atoms with Crippen LogP contribution in [0.25, 0.3) is 0 Å². The van der Waals surface area contributed by atoms with Crippen LogP contribution in [0.5, 0.6) is 0 Å². The van der Waals surface area contributed by atoms with E-state index in [4.69, 9.17) is 4.74 Å². The normalized spacial score (nSPS) is 20.7. The Morgan fingerprint density at radius 2 is 2.06 bits per heavy atom. The van der Waals surface area contributed by atoms with E-state index >= 15 is 0 Å². The van der Waals surface area contributed by atoms with Crippen molar-refractivity contribution < 1.29 is 14.3 Å². The van der Waals surface area contributed by atoms with Crippen molar-refractivity contribution in [1.82, 2.24) is 10.2 Å². The lowest BCUT2D eigenvalue weighted by Crippen LogP contribution is -2.45. The van der Waals surface area contributed by atoms with Crippen LogP contribution in [-0.2, 0) is 14.3 Å². The standard InChI is InChI=1S/C13H24N2O3/c1-10-9-15(7-8-18-10)11(16)5-6-14-12(17)13(2,3)4/h10H,5-9H2,1-4H3,(H,14,17). The molecular weight excluding hydrogens is 232 g/mol. The van der Waals surface area contributed by atoms with Gasteiger partial charge in [0.1, 0.15) is 0 Å². The van der Waals surface area contributed by atoms with Crippen LogP contribution in [0, 0.1) is 5.41 Å². The van der Waals surface area contributed by atoms with Crippen molar-refractivity contribution in [1.29, 1.82) is 0 Å². The van der Waals surface area contributed by atoms with Crippen LogP contribution in [-0.4, -0.2) is 49.1 Å². The van der Waals surface area contributed by atoms with Crippen LogP contribution < -0.4 is 5.32 Å². The lowest BCUT2D eigenvalue weighted by molar-refractivity contribution is -0.138. The Morgan fingerprint density at radius 1 is 1.39 bits per heavy atom. The zero-order chi connectivity index (χ0) is 13.8. The third kappa shape index (κ3) is 4.64. The molecule has 104 valence electrons. The summed E-state index contributed by atoms with van der Waals surface area (Å²) in [6.07, 6.45) is 0.459. The number of hydrogen-bond acceptors (Lipinski definition) is 3. The number of morpholine rings is 1. The Bertz CT molecular complexity index is 310. The molecular formula is C13H24N2O3.